The first kappa shape index (κ1) is 20.1. The molecule has 0 bridgehead atoms. The number of hydrogen-bond acceptors (Lipinski definition) is 4. The molecule has 2 aromatic carbocycles. The molecule has 0 radical (unpaired) electrons. The lowest BCUT2D eigenvalue weighted by Crippen LogP contribution is -2.29. The van der Waals surface area contributed by atoms with Gasteiger partial charge in [0, 0.05) is 24.1 Å². The second kappa shape index (κ2) is 9.09. The normalized spacial score (nSPS) is 18.7. The minimum absolute atomic E-state index is 0.218. The topological polar surface area (TPSA) is 88.2 Å². The van der Waals surface area contributed by atoms with E-state index in [0.29, 0.717) is 5.56 Å². The quantitative estimate of drug-likeness (QED) is 0.579. The van der Waals surface area contributed by atoms with E-state index in [0.717, 1.165) is 54.5 Å². The maximum Gasteiger partial charge on any atom is 0.250 e. The van der Waals surface area contributed by atoms with Gasteiger partial charge in [-0.1, -0.05) is 36.4 Å². The lowest BCUT2D eigenvalue weighted by molar-refractivity contribution is 0.100. The molecule has 0 atom stereocenters. The molecule has 0 aliphatic heterocycles. The van der Waals surface area contributed by atoms with E-state index in [1.807, 2.05) is 36.5 Å². The first-order valence-electron chi connectivity index (χ1n) is 10.5. The molecular formula is C25H27N3O2. The number of carbonyl (C=O) groups excluding carboxylic acids is 1. The van der Waals surface area contributed by atoms with Crippen LogP contribution in [0.1, 0.15) is 47.2 Å². The Hall–Kier alpha value is -3.18. The molecule has 0 spiro atoms. The molecule has 1 aliphatic rings. The van der Waals surface area contributed by atoms with E-state index in [4.69, 9.17) is 5.73 Å². The molecule has 0 unspecified atom stereocenters. The Bertz CT molecular complexity index is 1010. The fourth-order valence-corrected chi connectivity index (χ4v) is 4.16. The third-order valence-electron chi connectivity index (χ3n) is 5.79. The Morgan fingerprint density at radius 2 is 1.87 bits per heavy atom. The number of aliphatic hydroxyl groups is 1. The largest absolute Gasteiger partial charge is 0.393 e. The number of anilines is 1. The van der Waals surface area contributed by atoms with Crippen LogP contribution < -0.4 is 11.1 Å². The number of rotatable bonds is 6. The minimum Gasteiger partial charge on any atom is -0.393 e. The summed E-state index contributed by atoms with van der Waals surface area (Å²) in [6.07, 6.45) is 7.53. The molecule has 5 nitrogen and oxygen atoms in total. The van der Waals surface area contributed by atoms with Crippen molar-refractivity contribution in [2.45, 2.75) is 44.2 Å². The highest BCUT2D eigenvalue weighted by molar-refractivity contribution is 5.99. The standard InChI is InChI=1S/C25H27N3O2/c26-25(30)23-12-7-19(15-24(23)28-20-8-10-21(29)11-9-20)22-6-2-1-5-18(22)14-17-4-3-13-27-16-17/h1-7,12-13,15-16,20-21,28-29H,8-11,14H2,(H2,26,30)/t20-,21-. The van der Waals surface area contributed by atoms with Crippen LogP contribution >= 0.6 is 0 Å². The number of benzene rings is 2. The summed E-state index contributed by atoms with van der Waals surface area (Å²) in [6.45, 7) is 0. The van der Waals surface area contributed by atoms with Gasteiger partial charge in [-0.2, -0.15) is 0 Å². The summed E-state index contributed by atoms with van der Waals surface area (Å²) in [5.74, 6) is -0.441. The third-order valence-corrected chi connectivity index (χ3v) is 5.79. The van der Waals surface area contributed by atoms with E-state index in [1.165, 1.54) is 5.56 Å². The monoisotopic (exact) mass is 401 g/mol. The Morgan fingerprint density at radius 3 is 2.60 bits per heavy atom. The van der Waals surface area contributed by atoms with E-state index in [1.54, 1.807) is 12.3 Å². The molecule has 30 heavy (non-hydrogen) atoms. The van der Waals surface area contributed by atoms with Crippen molar-refractivity contribution in [3.63, 3.8) is 0 Å². The van der Waals surface area contributed by atoms with Crippen molar-refractivity contribution in [2.24, 2.45) is 5.73 Å². The van der Waals surface area contributed by atoms with Crippen molar-refractivity contribution in [2.75, 3.05) is 5.32 Å². The number of nitrogens with two attached hydrogens (primary N) is 1. The molecule has 4 rings (SSSR count). The smallest absolute Gasteiger partial charge is 0.250 e. The molecule has 1 aliphatic carbocycles. The summed E-state index contributed by atoms with van der Waals surface area (Å²) < 4.78 is 0. The van der Waals surface area contributed by atoms with E-state index < -0.39 is 5.91 Å². The highest BCUT2D eigenvalue weighted by atomic mass is 16.3. The number of aliphatic hydroxyl groups excluding tert-OH is 1. The van der Waals surface area contributed by atoms with E-state index in [2.05, 4.69) is 28.5 Å². The summed E-state index contributed by atoms with van der Waals surface area (Å²) in [6, 6.07) is 18.3. The first-order chi connectivity index (χ1) is 14.6. The van der Waals surface area contributed by atoms with Crippen molar-refractivity contribution in [1.82, 2.24) is 4.98 Å². The van der Waals surface area contributed by atoms with Gasteiger partial charge in [0.2, 0.25) is 0 Å². The fraction of sp³-hybridized carbons (Fsp3) is 0.280. The lowest BCUT2D eigenvalue weighted by atomic mass is 9.91. The van der Waals surface area contributed by atoms with Gasteiger partial charge in [0.1, 0.15) is 0 Å². The maximum absolute atomic E-state index is 12.0. The molecule has 1 fully saturated rings. The molecule has 1 aromatic heterocycles. The van der Waals surface area contributed by atoms with Crippen LogP contribution in [0.4, 0.5) is 5.69 Å². The zero-order valence-electron chi connectivity index (χ0n) is 16.9. The number of nitrogens with one attached hydrogen (secondary N) is 1. The Balaban J connectivity index is 1.66. The molecular weight excluding hydrogens is 374 g/mol. The van der Waals surface area contributed by atoms with Gasteiger partial charge < -0.3 is 16.2 Å². The number of aromatic nitrogens is 1. The van der Waals surface area contributed by atoms with Crippen LogP contribution in [0.5, 0.6) is 0 Å². The van der Waals surface area contributed by atoms with Crippen molar-refractivity contribution >= 4 is 11.6 Å². The molecule has 0 saturated heterocycles. The second-order valence-electron chi connectivity index (χ2n) is 7.97. The molecule has 1 saturated carbocycles. The van der Waals surface area contributed by atoms with Crippen LogP contribution in [0.25, 0.3) is 11.1 Å². The summed E-state index contributed by atoms with van der Waals surface area (Å²) in [7, 11) is 0. The molecule has 1 heterocycles. The zero-order chi connectivity index (χ0) is 20.9. The van der Waals surface area contributed by atoms with E-state index in [9.17, 15) is 9.90 Å². The van der Waals surface area contributed by atoms with Gasteiger partial charge in [-0.25, -0.2) is 0 Å². The Morgan fingerprint density at radius 1 is 1.07 bits per heavy atom. The molecule has 5 heteroatoms. The lowest BCUT2D eigenvalue weighted by Gasteiger charge is -2.28. The van der Waals surface area contributed by atoms with Crippen LogP contribution in [-0.4, -0.2) is 28.1 Å². The van der Waals surface area contributed by atoms with Crippen molar-refractivity contribution < 1.29 is 9.90 Å². The molecule has 1 amide bonds. The first-order valence-corrected chi connectivity index (χ1v) is 10.5. The average molecular weight is 402 g/mol. The highest BCUT2D eigenvalue weighted by Gasteiger charge is 2.21. The van der Waals surface area contributed by atoms with Gasteiger partial charge in [0.05, 0.1) is 11.7 Å². The van der Waals surface area contributed by atoms with Gasteiger partial charge in [-0.05, 0) is 72.6 Å². The third kappa shape index (κ3) is 4.69. The molecule has 154 valence electrons. The summed E-state index contributed by atoms with van der Waals surface area (Å²) >= 11 is 0. The highest BCUT2D eigenvalue weighted by Crippen LogP contribution is 2.31. The van der Waals surface area contributed by atoms with Gasteiger partial charge in [0.15, 0.2) is 0 Å². The molecule has 4 N–H and O–H groups in total. The maximum atomic E-state index is 12.0. The number of primary amides is 1. The number of carbonyl (C=O) groups is 1. The van der Waals surface area contributed by atoms with Crippen LogP contribution in [0.2, 0.25) is 0 Å². The van der Waals surface area contributed by atoms with Crippen molar-refractivity contribution in [1.29, 1.82) is 0 Å². The summed E-state index contributed by atoms with van der Waals surface area (Å²) in [5.41, 5.74) is 11.4. The SMILES string of the molecule is NC(=O)c1ccc(-c2ccccc2Cc2cccnc2)cc1N[C@H]1CC[C@H](O)CC1. The second-order valence-corrected chi connectivity index (χ2v) is 7.97. The van der Waals surface area contributed by atoms with Gasteiger partial charge in [-0.3, -0.25) is 9.78 Å². The van der Waals surface area contributed by atoms with Crippen LogP contribution in [0.15, 0.2) is 67.0 Å². The van der Waals surface area contributed by atoms with E-state index >= 15 is 0 Å². The fourth-order valence-electron chi connectivity index (χ4n) is 4.16. The summed E-state index contributed by atoms with van der Waals surface area (Å²) in [5, 5.41) is 13.3. The van der Waals surface area contributed by atoms with Crippen LogP contribution in [0.3, 0.4) is 0 Å². The number of amides is 1. The zero-order valence-corrected chi connectivity index (χ0v) is 16.9. The van der Waals surface area contributed by atoms with Gasteiger partial charge >= 0.3 is 0 Å². The number of nitrogens with zero attached hydrogens (tertiary/aromatic N) is 1. The number of pyridine rings is 1. The summed E-state index contributed by atoms with van der Waals surface area (Å²) in [4.78, 5) is 16.2. The van der Waals surface area contributed by atoms with Crippen LogP contribution in [0, 0.1) is 0 Å². The van der Waals surface area contributed by atoms with Crippen molar-refractivity contribution in [3.8, 4) is 11.1 Å². The van der Waals surface area contributed by atoms with Crippen molar-refractivity contribution in [3.05, 3.63) is 83.7 Å². The average Bonchev–Trinajstić information content (AvgIpc) is 2.76. The van der Waals surface area contributed by atoms with Gasteiger partial charge in [-0.15, -0.1) is 0 Å². The van der Waals surface area contributed by atoms with E-state index in [-0.39, 0.29) is 12.1 Å². The Labute approximate surface area is 177 Å². The Kier molecular flexibility index (Phi) is 6.10. The minimum atomic E-state index is -0.441. The number of hydrogen-bond donors (Lipinski definition) is 3. The predicted octanol–water partition coefficient (Wildman–Crippen LogP) is 4.15. The van der Waals surface area contributed by atoms with Gasteiger partial charge in [0.25, 0.3) is 5.91 Å². The predicted molar refractivity (Wildman–Crippen MR) is 119 cm³/mol. The van der Waals surface area contributed by atoms with Crippen LogP contribution in [-0.2, 0) is 6.42 Å². The molecule has 3 aromatic rings.